The Morgan fingerprint density at radius 2 is 2.25 bits per heavy atom. The Morgan fingerprint density at radius 3 is 2.62 bits per heavy atom. The lowest BCUT2D eigenvalue weighted by atomic mass is 10.2. The number of hydrogen-bond donors (Lipinski definition) is 1. The summed E-state index contributed by atoms with van der Waals surface area (Å²) in [6.07, 6.45) is 2.75. The van der Waals surface area contributed by atoms with Gasteiger partial charge in [-0.15, -0.1) is 0 Å². The average Bonchev–Trinajstić information content (AvgIpc) is 2.48. The number of hydrogen-bond acceptors (Lipinski definition) is 2. The van der Waals surface area contributed by atoms with Crippen LogP contribution in [0.2, 0.25) is 0 Å². The summed E-state index contributed by atoms with van der Waals surface area (Å²) < 4.78 is 5.15. The molecule has 1 aliphatic rings. The fraction of sp³-hybridized carbons (Fsp3) is 1.00. The summed E-state index contributed by atoms with van der Waals surface area (Å²) in [7, 11) is 0. The van der Waals surface area contributed by atoms with Gasteiger partial charge in [0.15, 0.2) is 0 Å². The van der Waals surface area contributed by atoms with E-state index in [-0.39, 0.29) is 6.61 Å². The highest BCUT2D eigenvalue weighted by atomic mass is 16.6. The molecule has 1 aliphatic heterocycles. The van der Waals surface area contributed by atoms with Crippen molar-refractivity contribution < 1.29 is 9.84 Å². The van der Waals surface area contributed by atoms with Crippen molar-refractivity contribution in [2.24, 2.45) is 0 Å². The molecule has 1 heterocycles. The molecule has 0 bridgehead atoms. The van der Waals surface area contributed by atoms with E-state index in [2.05, 4.69) is 6.92 Å². The molecular weight excluding hydrogens is 104 g/mol. The largest absolute Gasteiger partial charge is 0.396 e. The van der Waals surface area contributed by atoms with Crippen LogP contribution in [0.15, 0.2) is 0 Å². The molecule has 0 saturated carbocycles. The minimum Gasteiger partial charge on any atom is -0.396 e. The molecule has 0 amide bonds. The molecular formula is C6H12O2. The highest BCUT2D eigenvalue weighted by Gasteiger charge is 2.35. The smallest absolute Gasteiger partial charge is 0.0863 e. The van der Waals surface area contributed by atoms with Gasteiger partial charge < -0.3 is 9.84 Å². The van der Waals surface area contributed by atoms with Crippen molar-refractivity contribution in [1.82, 2.24) is 0 Å². The van der Waals surface area contributed by atoms with Gasteiger partial charge in [0.05, 0.1) is 12.2 Å². The second kappa shape index (κ2) is 2.46. The van der Waals surface area contributed by atoms with Gasteiger partial charge in [0.25, 0.3) is 0 Å². The fourth-order valence-electron chi connectivity index (χ4n) is 0.919. The summed E-state index contributed by atoms with van der Waals surface area (Å²) >= 11 is 0. The Bertz CT molecular complexity index is 72.9. The number of rotatable bonds is 3. The van der Waals surface area contributed by atoms with Gasteiger partial charge in [-0.25, -0.2) is 0 Å². The molecule has 1 unspecified atom stereocenters. The van der Waals surface area contributed by atoms with Gasteiger partial charge in [0.1, 0.15) is 0 Å². The lowest BCUT2D eigenvalue weighted by Crippen LogP contribution is -1.94. The molecule has 1 saturated heterocycles. The van der Waals surface area contributed by atoms with E-state index in [1.807, 2.05) is 0 Å². The maximum atomic E-state index is 8.41. The maximum Gasteiger partial charge on any atom is 0.0863 e. The van der Waals surface area contributed by atoms with E-state index in [1.165, 1.54) is 0 Å². The number of epoxide rings is 1. The third-order valence-corrected chi connectivity index (χ3v) is 1.50. The highest BCUT2D eigenvalue weighted by Crippen LogP contribution is 2.27. The Kier molecular flexibility index (Phi) is 1.86. The van der Waals surface area contributed by atoms with Crippen molar-refractivity contribution >= 4 is 0 Å². The zero-order valence-corrected chi connectivity index (χ0v) is 5.13. The Morgan fingerprint density at radius 1 is 1.50 bits per heavy atom. The lowest BCUT2D eigenvalue weighted by Gasteiger charge is -1.84. The molecule has 0 radical (unpaired) electrons. The number of ether oxygens (including phenoxy) is 1. The summed E-state index contributed by atoms with van der Waals surface area (Å²) in [5, 5.41) is 8.41. The van der Waals surface area contributed by atoms with Crippen molar-refractivity contribution in [3.63, 3.8) is 0 Å². The zero-order valence-electron chi connectivity index (χ0n) is 5.13. The van der Waals surface area contributed by atoms with Crippen LogP contribution in [-0.4, -0.2) is 23.9 Å². The maximum absolute atomic E-state index is 8.41. The first-order valence-corrected chi connectivity index (χ1v) is 3.14. The van der Waals surface area contributed by atoms with Crippen LogP contribution in [0.1, 0.15) is 19.8 Å². The predicted molar refractivity (Wildman–Crippen MR) is 30.7 cm³/mol. The zero-order chi connectivity index (χ0) is 5.98. The Hall–Kier alpha value is -0.0800. The van der Waals surface area contributed by atoms with Gasteiger partial charge in [0.2, 0.25) is 0 Å². The molecule has 2 atom stereocenters. The molecule has 0 aromatic carbocycles. The normalized spacial score (nSPS) is 35.2. The Balaban J connectivity index is 1.99. The van der Waals surface area contributed by atoms with Gasteiger partial charge in [0, 0.05) is 6.61 Å². The van der Waals surface area contributed by atoms with Crippen molar-refractivity contribution in [2.75, 3.05) is 6.61 Å². The topological polar surface area (TPSA) is 32.8 Å². The van der Waals surface area contributed by atoms with E-state index >= 15 is 0 Å². The van der Waals surface area contributed by atoms with E-state index in [9.17, 15) is 0 Å². The minimum absolute atomic E-state index is 0.265. The third kappa shape index (κ3) is 1.20. The molecule has 0 spiro atoms. The standard InChI is InChI=1S/C6H12O2/c1-2-5-6(8-5)3-4-7/h5-7H,2-4H2,1H3/t5?,6-/m1/s1. The third-order valence-electron chi connectivity index (χ3n) is 1.50. The van der Waals surface area contributed by atoms with Crippen LogP contribution in [0.3, 0.4) is 0 Å². The van der Waals surface area contributed by atoms with Crippen molar-refractivity contribution in [1.29, 1.82) is 0 Å². The molecule has 0 aromatic heterocycles. The van der Waals surface area contributed by atoms with E-state index in [1.54, 1.807) is 0 Å². The van der Waals surface area contributed by atoms with Crippen LogP contribution < -0.4 is 0 Å². The van der Waals surface area contributed by atoms with Crippen LogP contribution in [-0.2, 0) is 4.74 Å². The summed E-state index contributed by atoms with van der Waals surface area (Å²) in [5.41, 5.74) is 0. The van der Waals surface area contributed by atoms with Crippen molar-refractivity contribution in [3.05, 3.63) is 0 Å². The number of aliphatic hydroxyl groups is 1. The van der Waals surface area contributed by atoms with E-state index in [4.69, 9.17) is 9.84 Å². The first-order chi connectivity index (χ1) is 3.88. The SMILES string of the molecule is CCC1O[C@@H]1CCO. The van der Waals surface area contributed by atoms with Crippen molar-refractivity contribution in [3.8, 4) is 0 Å². The Labute approximate surface area is 49.5 Å². The van der Waals surface area contributed by atoms with Crippen LogP contribution in [0.4, 0.5) is 0 Å². The van der Waals surface area contributed by atoms with Gasteiger partial charge in [-0.3, -0.25) is 0 Å². The number of aliphatic hydroxyl groups excluding tert-OH is 1. The molecule has 0 aliphatic carbocycles. The van der Waals surface area contributed by atoms with Gasteiger partial charge in [-0.1, -0.05) is 6.92 Å². The summed E-state index contributed by atoms with van der Waals surface area (Å²) in [4.78, 5) is 0. The van der Waals surface area contributed by atoms with Gasteiger partial charge in [-0.05, 0) is 12.8 Å². The quantitative estimate of drug-likeness (QED) is 0.546. The molecule has 1 rings (SSSR count). The second-order valence-electron chi connectivity index (χ2n) is 2.13. The van der Waals surface area contributed by atoms with Crippen LogP contribution in [0.5, 0.6) is 0 Å². The molecule has 1 N–H and O–H groups in total. The predicted octanol–water partition coefficient (Wildman–Crippen LogP) is 0.546. The molecule has 8 heavy (non-hydrogen) atoms. The van der Waals surface area contributed by atoms with E-state index in [0.717, 1.165) is 12.8 Å². The fourth-order valence-corrected chi connectivity index (χ4v) is 0.919. The van der Waals surface area contributed by atoms with E-state index in [0.29, 0.717) is 12.2 Å². The van der Waals surface area contributed by atoms with Crippen molar-refractivity contribution in [2.45, 2.75) is 32.0 Å². The monoisotopic (exact) mass is 116 g/mol. The van der Waals surface area contributed by atoms with Crippen LogP contribution in [0, 0.1) is 0 Å². The van der Waals surface area contributed by atoms with Crippen LogP contribution >= 0.6 is 0 Å². The molecule has 2 nitrogen and oxygen atoms in total. The molecule has 0 aromatic rings. The minimum atomic E-state index is 0.265. The molecule has 2 heteroatoms. The first kappa shape index (κ1) is 6.05. The first-order valence-electron chi connectivity index (χ1n) is 3.14. The van der Waals surface area contributed by atoms with E-state index < -0.39 is 0 Å². The summed E-state index contributed by atoms with van der Waals surface area (Å²) in [6.45, 7) is 2.36. The van der Waals surface area contributed by atoms with Gasteiger partial charge in [-0.2, -0.15) is 0 Å². The second-order valence-corrected chi connectivity index (χ2v) is 2.13. The summed E-state index contributed by atoms with van der Waals surface area (Å²) in [5.74, 6) is 0. The summed E-state index contributed by atoms with van der Waals surface area (Å²) in [6, 6.07) is 0. The highest BCUT2D eigenvalue weighted by molar-refractivity contribution is 4.82. The molecule has 1 fully saturated rings. The van der Waals surface area contributed by atoms with Crippen LogP contribution in [0.25, 0.3) is 0 Å². The van der Waals surface area contributed by atoms with Gasteiger partial charge >= 0.3 is 0 Å². The average molecular weight is 116 g/mol. The molecule has 48 valence electrons. The lowest BCUT2D eigenvalue weighted by molar-refractivity contribution is 0.262.